The van der Waals surface area contributed by atoms with Gasteiger partial charge in [0, 0.05) is 62.4 Å². The monoisotopic (exact) mass is 1390 g/mol. The smallest absolute Gasteiger partial charge is 0.219 e. The molecule has 0 saturated carbocycles. The standard InChI is InChI=1S/C88H82N4O4S4/c1-5-9-13-17-21-55-25-33-59(34-26-55)87(60-35-27-56(28-36-60)22-18-14-10-6-2)69-53-68-70(54-67(69)85-71(87)51-65(99-85)49-63-41-43-73(97-63)75-81(93)77-78(82(75)94)90-46-45-89-77)88(61-37-29-57(30-38-61)23-19-15-11-7-3,62-39-31-58(32-40-62)24-20-16-12-8-4)72-52-66(100-86(68)72)50-64-42-44-74(98-64)76-83(95)79-80(84(76)96)92-48-47-91-79/h25-54H,5-24H2,1-4H3/b63-49+,64-50+. The zero-order chi connectivity index (χ0) is 68.5. The number of unbranched alkanes of at least 4 members (excludes halogenated alkanes) is 12. The largest absolute Gasteiger partial charge is 0.287 e. The van der Waals surface area contributed by atoms with Gasteiger partial charge >= 0.3 is 0 Å². The number of rotatable bonds is 26. The lowest BCUT2D eigenvalue weighted by atomic mass is 9.65. The second-order valence-electron chi connectivity index (χ2n) is 27.5. The van der Waals surface area contributed by atoms with Gasteiger partial charge in [-0.2, -0.15) is 0 Å². The van der Waals surface area contributed by atoms with Crippen LogP contribution in [-0.2, 0) is 36.5 Å². The summed E-state index contributed by atoms with van der Waals surface area (Å²) in [5.74, 6) is -1.51. The lowest BCUT2D eigenvalue weighted by Gasteiger charge is -2.35. The minimum absolute atomic E-state index is 0.114. The molecular weight excluding hydrogens is 1310 g/mol. The number of carbonyl (C=O) groups is 4. The first-order valence-electron chi connectivity index (χ1n) is 36.4. The van der Waals surface area contributed by atoms with E-state index in [1.54, 1.807) is 0 Å². The van der Waals surface area contributed by atoms with Gasteiger partial charge in [-0.15, -0.1) is 45.3 Å². The molecule has 0 fully saturated rings. The van der Waals surface area contributed by atoms with E-state index in [1.807, 2.05) is 46.9 Å². The van der Waals surface area contributed by atoms with Gasteiger partial charge in [-0.25, -0.2) is 19.9 Å². The first-order valence-corrected chi connectivity index (χ1v) is 39.6. The van der Waals surface area contributed by atoms with Crippen LogP contribution >= 0.6 is 45.3 Å². The third kappa shape index (κ3) is 12.1. The Labute approximate surface area is 602 Å². The van der Waals surface area contributed by atoms with E-state index in [-0.39, 0.29) is 57.1 Å². The van der Waals surface area contributed by atoms with Crippen molar-refractivity contribution < 1.29 is 19.2 Å². The Morgan fingerprint density at radius 2 is 0.610 bits per heavy atom. The molecule has 12 heteroatoms. The average Bonchev–Trinajstić information content (AvgIpc) is 1.50. The highest BCUT2D eigenvalue weighted by Crippen LogP contribution is 2.65. The van der Waals surface area contributed by atoms with Gasteiger partial charge in [-0.1, -0.05) is 202 Å². The molecule has 8 nitrogen and oxygen atoms in total. The molecule has 0 spiro atoms. The summed E-state index contributed by atoms with van der Waals surface area (Å²) in [7, 11) is 0. The molecule has 11 aromatic rings. The van der Waals surface area contributed by atoms with Crippen LogP contribution in [0.1, 0.15) is 249 Å². The summed E-state index contributed by atoms with van der Waals surface area (Å²) in [5.41, 5.74) is 16.9. The third-order valence-electron chi connectivity index (χ3n) is 21.1. The summed E-state index contributed by atoms with van der Waals surface area (Å²) in [4.78, 5) is 77.0. The summed E-state index contributed by atoms with van der Waals surface area (Å²) < 4.78 is 3.11. The van der Waals surface area contributed by atoms with Crippen molar-refractivity contribution in [3.05, 3.63) is 288 Å². The van der Waals surface area contributed by atoms with Gasteiger partial charge in [0.1, 0.15) is 22.8 Å². The molecule has 5 aromatic carbocycles. The molecule has 6 aromatic heterocycles. The van der Waals surface area contributed by atoms with E-state index in [0.717, 1.165) is 70.2 Å². The van der Waals surface area contributed by atoms with E-state index in [9.17, 15) is 19.2 Å². The molecule has 4 aliphatic carbocycles. The van der Waals surface area contributed by atoms with E-state index in [0.29, 0.717) is 9.06 Å². The molecule has 15 rings (SSSR count). The highest BCUT2D eigenvalue weighted by Gasteiger charge is 2.53. The molecule has 0 unspecified atom stereocenters. The van der Waals surface area contributed by atoms with Crippen molar-refractivity contribution in [2.24, 2.45) is 0 Å². The first-order chi connectivity index (χ1) is 49.0. The Kier molecular flexibility index (Phi) is 19.5. The number of hydrogen-bond acceptors (Lipinski definition) is 12. The van der Waals surface area contributed by atoms with Crippen molar-refractivity contribution in [1.29, 1.82) is 0 Å². The van der Waals surface area contributed by atoms with E-state index < -0.39 is 10.8 Å². The fourth-order valence-electron chi connectivity index (χ4n) is 16.0. The molecule has 502 valence electrons. The van der Waals surface area contributed by atoms with Crippen LogP contribution in [0.2, 0.25) is 0 Å². The lowest BCUT2D eigenvalue weighted by molar-refractivity contribution is 0.100. The highest BCUT2D eigenvalue weighted by atomic mass is 32.1. The normalized spacial score (nSPS) is 14.9. The Bertz CT molecular complexity index is 4710. The number of fused-ring (bicyclic) bond motifs is 8. The maximum atomic E-state index is 13.8. The van der Waals surface area contributed by atoms with Crippen LogP contribution in [0.3, 0.4) is 0 Å². The maximum Gasteiger partial charge on any atom is 0.219 e. The minimum atomic E-state index is -0.754. The quantitative estimate of drug-likeness (QED) is 0.0492. The van der Waals surface area contributed by atoms with Gasteiger partial charge < -0.3 is 0 Å². The second-order valence-corrected chi connectivity index (χ2v) is 31.9. The van der Waals surface area contributed by atoms with Crippen molar-refractivity contribution in [3.8, 4) is 20.9 Å². The van der Waals surface area contributed by atoms with Crippen molar-refractivity contribution in [3.63, 3.8) is 0 Å². The molecule has 0 N–H and O–H groups in total. The number of hydrogen-bond donors (Lipinski definition) is 0. The zero-order valence-corrected chi connectivity index (χ0v) is 60.8. The van der Waals surface area contributed by atoms with E-state index >= 15 is 0 Å². The van der Waals surface area contributed by atoms with Gasteiger partial charge in [0.25, 0.3) is 0 Å². The minimum Gasteiger partial charge on any atom is -0.287 e. The predicted octanol–water partition coefficient (Wildman–Crippen LogP) is 18.8. The van der Waals surface area contributed by atoms with Gasteiger partial charge in [-0.3, -0.25) is 19.2 Å². The number of ketones is 4. The van der Waals surface area contributed by atoms with Crippen LogP contribution in [-0.4, -0.2) is 43.1 Å². The van der Waals surface area contributed by atoms with E-state index in [1.165, 1.54) is 212 Å². The summed E-state index contributed by atoms with van der Waals surface area (Å²) in [6.45, 7) is 9.10. The molecular formula is C88H82N4O4S4. The molecule has 0 atom stereocenters. The number of aromatic nitrogens is 4. The Morgan fingerprint density at radius 1 is 0.320 bits per heavy atom. The highest BCUT2D eigenvalue weighted by molar-refractivity contribution is 7.17. The maximum absolute atomic E-state index is 13.8. The van der Waals surface area contributed by atoms with E-state index in [2.05, 4.69) is 181 Å². The SMILES string of the molecule is CCCCCCc1ccc(C2(c3ccc(CCCCCC)cc3)c3cc4c(cc3-c3sc(/C=c5\ccc(=C6C(=O)c7nccnc7C6=O)s5)cc32)C(c2ccc(CCCCCC)cc2)(c2ccc(CCCCCC)cc2)c2cc(/C=c3\ccc(=C5C(=O)c6nccnc6C5=O)s3)sc2-4)cc1. The van der Waals surface area contributed by atoms with Crippen molar-refractivity contribution in [1.82, 2.24) is 19.9 Å². The van der Waals surface area contributed by atoms with Crippen LogP contribution in [0.4, 0.5) is 0 Å². The van der Waals surface area contributed by atoms with Crippen LogP contribution in [0, 0.1) is 0 Å². The fraction of sp³-hybridized carbons (Fsp3) is 0.295. The summed E-state index contributed by atoms with van der Waals surface area (Å²) in [5, 5.41) is 0. The molecule has 0 radical (unpaired) electrons. The van der Waals surface area contributed by atoms with Gasteiger partial charge in [0.15, 0.2) is 0 Å². The number of aryl methyl sites for hydroxylation is 4. The van der Waals surface area contributed by atoms with Crippen LogP contribution in [0.5, 0.6) is 0 Å². The Hall–Kier alpha value is -8.78. The van der Waals surface area contributed by atoms with Gasteiger partial charge in [-0.05, 0) is 190 Å². The lowest BCUT2D eigenvalue weighted by Crippen LogP contribution is -2.30. The Balaban J connectivity index is 0.974. The molecule has 0 bridgehead atoms. The molecule has 0 aliphatic heterocycles. The number of Topliss-reactive ketones (excluding diaryl/α,β-unsaturated/α-hetero) is 4. The topological polar surface area (TPSA) is 120 Å². The van der Waals surface area contributed by atoms with Crippen molar-refractivity contribution in [2.45, 2.75) is 167 Å². The molecule has 4 aliphatic rings. The molecule has 100 heavy (non-hydrogen) atoms. The second kappa shape index (κ2) is 29.1. The molecule has 6 heterocycles. The van der Waals surface area contributed by atoms with Crippen molar-refractivity contribution >= 4 is 91.8 Å². The van der Waals surface area contributed by atoms with Crippen LogP contribution in [0.25, 0.3) is 44.2 Å². The average molecular weight is 1390 g/mol. The predicted molar refractivity (Wildman–Crippen MR) is 411 cm³/mol. The fourth-order valence-corrected chi connectivity index (χ4v) is 20.5. The summed E-state index contributed by atoms with van der Waals surface area (Å²) >= 11 is 6.55. The molecule has 0 amide bonds. The van der Waals surface area contributed by atoms with Crippen molar-refractivity contribution in [2.75, 3.05) is 0 Å². The third-order valence-corrected chi connectivity index (χ3v) is 25.4. The van der Waals surface area contributed by atoms with Crippen LogP contribution in [0.15, 0.2) is 170 Å². The van der Waals surface area contributed by atoms with E-state index in [4.69, 9.17) is 0 Å². The number of thiophene rings is 4. The first kappa shape index (κ1) is 67.1. The van der Waals surface area contributed by atoms with Gasteiger partial charge in [0.2, 0.25) is 23.1 Å². The summed E-state index contributed by atoms with van der Waals surface area (Å²) in [6.07, 6.45) is 33.6. The Morgan fingerprint density at radius 3 is 0.890 bits per heavy atom. The van der Waals surface area contributed by atoms with Gasteiger partial charge in [0.05, 0.1) is 22.0 Å². The summed E-state index contributed by atoms with van der Waals surface area (Å²) in [6, 6.07) is 56.4. The zero-order valence-electron chi connectivity index (χ0n) is 57.5. The molecule has 0 saturated heterocycles. The number of nitrogens with zero attached hydrogens (tertiary/aromatic N) is 4. The number of benzene rings is 5. The number of carbonyl (C=O) groups excluding carboxylic acids is 4. The van der Waals surface area contributed by atoms with Crippen LogP contribution < -0.4 is 18.1 Å².